The maximum Gasteiger partial charge on any atom is 0.165 e. The van der Waals surface area contributed by atoms with Crippen molar-refractivity contribution in [3.8, 4) is 56.4 Å². The Morgan fingerprint density at radius 1 is 0.254 bits per heavy atom. The normalized spacial score (nSPS) is 11.8. The minimum absolute atomic E-state index is 0.635. The highest BCUT2D eigenvalue weighted by molar-refractivity contribution is 7.26. The molecule has 13 rings (SSSR count). The first-order valence-corrected chi connectivity index (χ1v) is 22.2. The molecule has 0 aliphatic carbocycles. The van der Waals surface area contributed by atoms with Gasteiger partial charge in [-0.3, -0.25) is 0 Å². The van der Waals surface area contributed by atoms with E-state index in [0.29, 0.717) is 17.5 Å². The molecule has 0 atom stereocenters. The lowest BCUT2D eigenvalue weighted by molar-refractivity contribution is 1.08. The lowest BCUT2D eigenvalue weighted by Gasteiger charge is -2.18. The molecule has 0 aliphatic rings. The predicted molar refractivity (Wildman–Crippen MR) is 267 cm³/mol. The molecule has 13 aromatic rings. The molecule has 0 aliphatic heterocycles. The van der Waals surface area contributed by atoms with Gasteiger partial charge in [-0.1, -0.05) is 188 Å². The molecule has 0 spiro atoms. The van der Waals surface area contributed by atoms with Gasteiger partial charge in [-0.05, 0) is 100 Å². The van der Waals surface area contributed by atoms with Gasteiger partial charge in [0.25, 0.3) is 0 Å². The third kappa shape index (κ3) is 5.69. The maximum absolute atomic E-state index is 5.58. The fourth-order valence-corrected chi connectivity index (χ4v) is 11.1. The number of thiophene rings is 1. The standard InChI is InChI=1S/C59H35N3S/c1-4-19-39-36(15-1)18-13-27-43(39)47-33-34-51(45-24-9-8-23-44(45)47)57-60-58(52-29-14-28-50-48-26-11-12-30-54(48)63-56(50)52)62-59(61-57)55-41-21-6-2-16-37(41)31-32-49(55)53-35-38-17-3-5-20-40(38)42-22-7-10-25-46(42)53/h1-35H. The Hall–Kier alpha value is -8.05. The van der Waals surface area contributed by atoms with E-state index in [9.17, 15) is 0 Å². The van der Waals surface area contributed by atoms with E-state index in [4.69, 9.17) is 15.0 Å². The molecule has 2 aromatic heterocycles. The molecule has 2 heterocycles. The summed E-state index contributed by atoms with van der Waals surface area (Å²) in [6, 6.07) is 76.4. The molecule has 0 saturated carbocycles. The highest BCUT2D eigenvalue weighted by Crippen LogP contribution is 2.45. The first-order valence-electron chi connectivity index (χ1n) is 21.4. The van der Waals surface area contributed by atoms with Gasteiger partial charge < -0.3 is 0 Å². The number of rotatable bonds is 5. The van der Waals surface area contributed by atoms with Gasteiger partial charge in [0.05, 0.1) is 0 Å². The quantitative estimate of drug-likeness (QED) is 0.162. The minimum atomic E-state index is 0.635. The van der Waals surface area contributed by atoms with Crippen molar-refractivity contribution < 1.29 is 0 Å². The van der Waals surface area contributed by atoms with E-state index in [1.54, 1.807) is 11.3 Å². The molecule has 0 unspecified atom stereocenters. The summed E-state index contributed by atoms with van der Waals surface area (Å²) in [6.07, 6.45) is 0. The van der Waals surface area contributed by atoms with E-state index in [2.05, 4.69) is 212 Å². The first kappa shape index (κ1) is 35.7. The van der Waals surface area contributed by atoms with Crippen LogP contribution in [0.15, 0.2) is 212 Å². The van der Waals surface area contributed by atoms with Crippen molar-refractivity contribution in [2.24, 2.45) is 0 Å². The molecule has 292 valence electrons. The zero-order valence-corrected chi connectivity index (χ0v) is 34.8. The third-order valence-electron chi connectivity index (χ3n) is 12.7. The smallest absolute Gasteiger partial charge is 0.165 e. The molecule has 0 saturated heterocycles. The molecule has 63 heavy (non-hydrogen) atoms. The second kappa shape index (κ2) is 14.3. The molecule has 0 N–H and O–H groups in total. The van der Waals surface area contributed by atoms with Crippen LogP contribution in [-0.4, -0.2) is 15.0 Å². The second-order valence-electron chi connectivity index (χ2n) is 16.2. The van der Waals surface area contributed by atoms with Gasteiger partial charge in [0.1, 0.15) is 0 Å². The molecular formula is C59H35N3S. The van der Waals surface area contributed by atoms with Gasteiger partial charge in [0.15, 0.2) is 17.5 Å². The average Bonchev–Trinajstić information content (AvgIpc) is 3.74. The predicted octanol–water partition coefficient (Wildman–Crippen LogP) is 16.3. The van der Waals surface area contributed by atoms with E-state index in [1.165, 1.54) is 58.9 Å². The third-order valence-corrected chi connectivity index (χ3v) is 14.0. The van der Waals surface area contributed by atoms with Gasteiger partial charge in [-0.25, -0.2) is 15.0 Å². The van der Waals surface area contributed by atoms with Crippen LogP contribution in [-0.2, 0) is 0 Å². The van der Waals surface area contributed by atoms with Gasteiger partial charge >= 0.3 is 0 Å². The van der Waals surface area contributed by atoms with Crippen LogP contribution in [0.3, 0.4) is 0 Å². The van der Waals surface area contributed by atoms with Crippen LogP contribution in [0.2, 0.25) is 0 Å². The summed E-state index contributed by atoms with van der Waals surface area (Å²) >= 11 is 1.79. The molecule has 11 aromatic carbocycles. The summed E-state index contributed by atoms with van der Waals surface area (Å²) in [6.45, 7) is 0. The highest BCUT2D eigenvalue weighted by atomic mass is 32.1. The summed E-state index contributed by atoms with van der Waals surface area (Å²) in [5.41, 5.74) is 7.54. The molecule has 0 radical (unpaired) electrons. The lowest BCUT2D eigenvalue weighted by atomic mass is 9.88. The maximum atomic E-state index is 5.58. The number of hydrogen-bond acceptors (Lipinski definition) is 4. The molecule has 4 heteroatoms. The largest absolute Gasteiger partial charge is 0.208 e. The molecule has 0 fully saturated rings. The van der Waals surface area contributed by atoms with Gasteiger partial charge in [-0.2, -0.15) is 0 Å². The Labute approximate surface area is 367 Å². The summed E-state index contributed by atoms with van der Waals surface area (Å²) in [5.74, 6) is 1.92. The summed E-state index contributed by atoms with van der Waals surface area (Å²) in [4.78, 5) is 16.6. The Bertz CT molecular complexity index is 3990. The Kier molecular flexibility index (Phi) is 8.08. The van der Waals surface area contributed by atoms with Crippen LogP contribution in [0.25, 0.3) is 130 Å². The monoisotopic (exact) mass is 817 g/mol. The van der Waals surface area contributed by atoms with Gasteiger partial charge in [-0.15, -0.1) is 11.3 Å². The van der Waals surface area contributed by atoms with E-state index in [-0.39, 0.29) is 0 Å². The average molecular weight is 818 g/mol. The van der Waals surface area contributed by atoms with E-state index in [1.807, 2.05) is 0 Å². The van der Waals surface area contributed by atoms with Crippen molar-refractivity contribution in [2.45, 2.75) is 0 Å². The lowest BCUT2D eigenvalue weighted by Crippen LogP contribution is -2.02. The molecule has 0 amide bonds. The van der Waals surface area contributed by atoms with Crippen molar-refractivity contribution >= 4 is 85.4 Å². The van der Waals surface area contributed by atoms with Crippen LogP contribution in [0, 0.1) is 0 Å². The number of fused-ring (bicyclic) bond motifs is 9. The van der Waals surface area contributed by atoms with Crippen LogP contribution >= 0.6 is 11.3 Å². The van der Waals surface area contributed by atoms with Gasteiger partial charge in [0.2, 0.25) is 0 Å². The number of benzene rings is 11. The minimum Gasteiger partial charge on any atom is -0.208 e. The highest BCUT2D eigenvalue weighted by Gasteiger charge is 2.23. The zero-order chi connectivity index (χ0) is 41.4. The topological polar surface area (TPSA) is 38.7 Å². The summed E-state index contributed by atoms with van der Waals surface area (Å²) < 4.78 is 2.40. The van der Waals surface area contributed by atoms with E-state index in [0.717, 1.165) is 54.1 Å². The Morgan fingerprint density at radius 3 is 1.52 bits per heavy atom. The first-order chi connectivity index (χ1) is 31.2. The summed E-state index contributed by atoms with van der Waals surface area (Å²) in [7, 11) is 0. The van der Waals surface area contributed by atoms with Crippen LogP contribution in [0.1, 0.15) is 0 Å². The van der Waals surface area contributed by atoms with Crippen LogP contribution < -0.4 is 0 Å². The van der Waals surface area contributed by atoms with Crippen molar-refractivity contribution in [2.75, 3.05) is 0 Å². The fourth-order valence-electron chi connectivity index (χ4n) is 9.86. The van der Waals surface area contributed by atoms with Crippen molar-refractivity contribution in [3.05, 3.63) is 212 Å². The Morgan fingerprint density at radius 2 is 0.730 bits per heavy atom. The number of nitrogens with zero attached hydrogens (tertiary/aromatic N) is 3. The van der Waals surface area contributed by atoms with Crippen molar-refractivity contribution in [3.63, 3.8) is 0 Å². The van der Waals surface area contributed by atoms with Crippen LogP contribution in [0.5, 0.6) is 0 Å². The van der Waals surface area contributed by atoms with Gasteiger partial charge in [0, 0.05) is 36.9 Å². The fraction of sp³-hybridized carbons (Fsp3) is 0. The number of hydrogen-bond donors (Lipinski definition) is 0. The second-order valence-corrected chi connectivity index (χ2v) is 17.3. The van der Waals surface area contributed by atoms with E-state index < -0.39 is 0 Å². The SMILES string of the molecule is c1ccc2c(-c3ccc(-c4nc(-c5c(-c6cc7ccccc7c7ccccc67)ccc6ccccc56)nc(-c5cccc6c5sc5ccccc56)n4)c4ccccc34)cccc2c1. The Balaban J connectivity index is 1.13. The van der Waals surface area contributed by atoms with Crippen molar-refractivity contribution in [1.29, 1.82) is 0 Å². The number of aromatic nitrogens is 3. The molecule has 0 bridgehead atoms. The zero-order valence-electron chi connectivity index (χ0n) is 34.0. The van der Waals surface area contributed by atoms with Crippen molar-refractivity contribution in [1.82, 2.24) is 15.0 Å². The summed E-state index contributed by atoms with van der Waals surface area (Å²) in [5, 5.41) is 14.2. The molecular weight excluding hydrogens is 783 g/mol. The van der Waals surface area contributed by atoms with E-state index >= 15 is 0 Å². The molecule has 3 nitrogen and oxygen atoms in total. The van der Waals surface area contributed by atoms with Crippen LogP contribution in [0.4, 0.5) is 0 Å².